The molecule has 3 aromatic rings. The number of benzene rings is 1. The Kier molecular flexibility index (Phi) is 6.09. The van der Waals surface area contributed by atoms with E-state index in [-0.39, 0.29) is 24.1 Å². The fourth-order valence-electron chi connectivity index (χ4n) is 4.94. The number of nitrogens with one attached hydrogen (secondary N) is 1. The van der Waals surface area contributed by atoms with Crippen LogP contribution in [0.1, 0.15) is 33.4 Å². The number of hydrogen-bond acceptors (Lipinski definition) is 8. The number of nitrogens with two attached hydrogens (primary N) is 2. The van der Waals surface area contributed by atoms with Crippen LogP contribution in [0, 0.1) is 13.8 Å². The van der Waals surface area contributed by atoms with Gasteiger partial charge in [0.1, 0.15) is 22.1 Å². The minimum Gasteiger partial charge on any atom is -0.491 e. The summed E-state index contributed by atoms with van der Waals surface area (Å²) < 4.78 is 11.8. The molecular weight excluding hydrogens is 450 g/mol. The third kappa shape index (κ3) is 4.19. The number of aryl methyl sites for hydroxylation is 2. The molecule has 1 saturated heterocycles. The summed E-state index contributed by atoms with van der Waals surface area (Å²) in [6, 6.07) is 8.09. The quantitative estimate of drug-likeness (QED) is 0.513. The molecule has 4 heterocycles. The molecule has 1 aromatic carbocycles. The molecule has 5 rings (SSSR count). The van der Waals surface area contributed by atoms with Crippen LogP contribution in [0.5, 0.6) is 5.75 Å². The number of amides is 1. The second kappa shape index (κ2) is 9.05. The molecule has 5 N–H and O–H groups in total. The zero-order chi connectivity index (χ0) is 24.0. The summed E-state index contributed by atoms with van der Waals surface area (Å²) in [4.78, 5) is 21.2. The molecule has 3 atom stereocenters. The predicted octanol–water partition coefficient (Wildman–Crippen LogP) is 2.78. The van der Waals surface area contributed by atoms with Crippen molar-refractivity contribution in [2.75, 3.05) is 36.9 Å². The van der Waals surface area contributed by atoms with Gasteiger partial charge in [0.25, 0.3) is 5.91 Å². The lowest BCUT2D eigenvalue weighted by Gasteiger charge is -2.28. The number of carbonyl (C=O) groups is 1. The molecule has 34 heavy (non-hydrogen) atoms. The van der Waals surface area contributed by atoms with Crippen molar-refractivity contribution in [2.45, 2.75) is 45.4 Å². The highest BCUT2D eigenvalue weighted by Crippen LogP contribution is 2.36. The number of ether oxygens (including phenoxy) is 2. The number of nitrogens with zero attached hydrogens (tertiary/aromatic N) is 2. The summed E-state index contributed by atoms with van der Waals surface area (Å²) in [5.74, 6) is 0.673. The summed E-state index contributed by atoms with van der Waals surface area (Å²) in [6.07, 6.45) is 0.745. The molecule has 1 amide bonds. The predicted molar refractivity (Wildman–Crippen MR) is 136 cm³/mol. The highest BCUT2D eigenvalue weighted by molar-refractivity contribution is 7.21. The van der Waals surface area contributed by atoms with E-state index in [4.69, 9.17) is 20.9 Å². The Balaban J connectivity index is 1.28. The molecule has 0 aliphatic carbocycles. The Morgan fingerprint density at radius 1 is 1.32 bits per heavy atom. The topological polar surface area (TPSA) is 116 Å². The number of carbonyl (C=O) groups excluding carboxylic acids is 1. The largest absolute Gasteiger partial charge is 0.491 e. The van der Waals surface area contributed by atoms with Gasteiger partial charge in [-0.05, 0) is 50.5 Å². The van der Waals surface area contributed by atoms with Gasteiger partial charge in [-0.1, -0.05) is 6.07 Å². The number of hydrogen-bond donors (Lipinski definition) is 3. The van der Waals surface area contributed by atoms with E-state index >= 15 is 0 Å². The monoisotopic (exact) mass is 481 g/mol. The van der Waals surface area contributed by atoms with Crippen molar-refractivity contribution in [3.8, 4) is 5.75 Å². The highest BCUT2D eigenvalue weighted by atomic mass is 32.1. The van der Waals surface area contributed by atoms with Crippen molar-refractivity contribution < 1.29 is 14.3 Å². The summed E-state index contributed by atoms with van der Waals surface area (Å²) in [7, 11) is 0. The standard InChI is InChI=1S/C25H31N5O3S/c1-4-32-20-11-30(10-18(20)26)17-6-5-15-8-16(12-33-19(15)9-17)29-24(31)23-22(27)21-13(2)7-14(3)28-25(21)34-23/h5-7,9,16,18,20H,4,8,10-12,26-27H2,1-3H3,(H,29,31)/t16-,18-,20+/m1/s1. The Labute approximate surface area is 203 Å². The minimum absolute atomic E-state index is 0.000678. The van der Waals surface area contributed by atoms with Crippen molar-refractivity contribution in [3.05, 3.63) is 46.0 Å². The van der Waals surface area contributed by atoms with Gasteiger partial charge in [-0.2, -0.15) is 0 Å². The van der Waals surface area contributed by atoms with Crippen molar-refractivity contribution in [1.82, 2.24) is 10.3 Å². The summed E-state index contributed by atoms with van der Waals surface area (Å²) in [6.45, 7) is 8.53. The average Bonchev–Trinajstić information content (AvgIpc) is 3.33. The maximum Gasteiger partial charge on any atom is 0.263 e. The summed E-state index contributed by atoms with van der Waals surface area (Å²) in [5.41, 5.74) is 17.2. The molecule has 0 bridgehead atoms. The van der Waals surface area contributed by atoms with Crippen molar-refractivity contribution >= 4 is 38.8 Å². The summed E-state index contributed by atoms with van der Waals surface area (Å²) >= 11 is 1.34. The van der Waals surface area contributed by atoms with Crippen LogP contribution in [-0.4, -0.2) is 55.4 Å². The first-order valence-electron chi connectivity index (χ1n) is 11.7. The summed E-state index contributed by atoms with van der Waals surface area (Å²) in [5, 5.41) is 3.97. The maximum absolute atomic E-state index is 13.1. The van der Waals surface area contributed by atoms with Gasteiger partial charge in [0.15, 0.2) is 0 Å². The van der Waals surface area contributed by atoms with Crippen molar-refractivity contribution in [2.24, 2.45) is 5.73 Å². The number of thiophene rings is 1. The van der Waals surface area contributed by atoms with Gasteiger partial charge in [0, 0.05) is 42.5 Å². The van der Waals surface area contributed by atoms with Gasteiger partial charge in [-0.25, -0.2) is 4.98 Å². The second-order valence-corrected chi connectivity index (χ2v) is 10.1. The Bertz CT molecular complexity index is 1240. The number of nitrogen functional groups attached to an aromatic ring is 1. The normalized spacial score (nSPS) is 22.0. The third-order valence-corrected chi connectivity index (χ3v) is 7.68. The van der Waals surface area contributed by atoms with Gasteiger partial charge < -0.3 is 31.2 Å². The van der Waals surface area contributed by atoms with Gasteiger partial charge in [-0.3, -0.25) is 4.79 Å². The number of anilines is 2. The molecule has 2 aromatic heterocycles. The average molecular weight is 482 g/mol. The molecule has 2 aliphatic rings. The van der Waals surface area contributed by atoms with E-state index in [0.29, 0.717) is 30.2 Å². The molecule has 0 spiro atoms. The molecule has 0 unspecified atom stereocenters. The molecule has 180 valence electrons. The smallest absolute Gasteiger partial charge is 0.263 e. The Hall–Kier alpha value is -2.88. The number of aromatic nitrogens is 1. The number of pyridine rings is 1. The van der Waals surface area contributed by atoms with Crippen LogP contribution >= 0.6 is 11.3 Å². The highest BCUT2D eigenvalue weighted by Gasteiger charge is 2.32. The zero-order valence-corrected chi connectivity index (χ0v) is 20.6. The van der Waals surface area contributed by atoms with Crippen molar-refractivity contribution in [1.29, 1.82) is 0 Å². The SMILES string of the molecule is CCO[C@H]1CN(c2ccc3c(c2)OC[C@H](NC(=O)c2sc4nc(C)cc(C)c4c2N)C3)C[C@H]1N. The van der Waals surface area contributed by atoms with E-state index in [1.54, 1.807) is 0 Å². The lowest BCUT2D eigenvalue weighted by Crippen LogP contribution is -2.42. The molecule has 9 heteroatoms. The Morgan fingerprint density at radius 3 is 2.94 bits per heavy atom. The lowest BCUT2D eigenvalue weighted by atomic mass is 10.0. The second-order valence-electron chi connectivity index (χ2n) is 9.15. The van der Waals surface area contributed by atoms with E-state index in [2.05, 4.69) is 33.4 Å². The first kappa shape index (κ1) is 22.9. The molecule has 0 radical (unpaired) electrons. The number of rotatable bonds is 5. The number of fused-ring (bicyclic) bond motifs is 2. The van der Waals surface area contributed by atoms with E-state index in [1.165, 1.54) is 11.3 Å². The van der Waals surface area contributed by atoms with Gasteiger partial charge in [-0.15, -0.1) is 11.3 Å². The lowest BCUT2D eigenvalue weighted by molar-refractivity contribution is 0.0680. The maximum atomic E-state index is 13.1. The minimum atomic E-state index is -0.181. The van der Waals surface area contributed by atoms with Crippen LogP contribution in [-0.2, 0) is 11.2 Å². The van der Waals surface area contributed by atoms with E-state index < -0.39 is 0 Å². The fourth-order valence-corrected chi connectivity index (χ4v) is 6.06. The van der Waals surface area contributed by atoms with Crippen LogP contribution < -0.4 is 26.4 Å². The Morgan fingerprint density at radius 2 is 2.15 bits per heavy atom. The fraction of sp³-hybridized carbons (Fsp3) is 0.440. The third-order valence-electron chi connectivity index (χ3n) is 6.58. The van der Waals surface area contributed by atoms with E-state index in [9.17, 15) is 4.79 Å². The van der Waals surface area contributed by atoms with Crippen LogP contribution in [0.4, 0.5) is 11.4 Å². The van der Waals surface area contributed by atoms with E-state index in [0.717, 1.165) is 51.6 Å². The van der Waals surface area contributed by atoms with Gasteiger partial charge >= 0.3 is 0 Å². The molecular formula is C25H31N5O3S. The van der Waals surface area contributed by atoms with Crippen LogP contribution in [0.2, 0.25) is 0 Å². The first-order chi connectivity index (χ1) is 16.3. The molecule has 2 aliphatic heterocycles. The van der Waals surface area contributed by atoms with Crippen LogP contribution in [0.3, 0.4) is 0 Å². The van der Waals surface area contributed by atoms with Crippen molar-refractivity contribution in [3.63, 3.8) is 0 Å². The first-order valence-corrected chi connectivity index (χ1v) is 12.5. The zero-order valence-electron chi connectivity index (χ0n) is 19.8. The van der Waals surface area contributed by atoms with Crippen LogP contribution in [0.15, 0.2) is 24.3 Å². The van der Waals surface area contributed by atoms with Gasteiger partial charge in [0.05, 0.1) is 23.9 Å². The molecule has 0 saturated carbocycles. The molecule has 1 fully saturated rings. The van der Waals surface area contributed by atoms with Gasteiger partial charge in [0.2, 0.25) is 0 Å². The van der Waals surface area contributed by atoms with Crippen LogP contribution in [0.25, 0.3) is 10.2 Å². The molecule has 8 nitrogen and oxygen atoms in total. The van der Waals surface area contributed by atoms with E-state index in [1.807, 2.05) is 26.8 Å².